The van der Waals surface area contributed by atoms with Gasteiger partial charge in [-0.3, -0.25) is 9.10 Å². The molecule has 0 aliphatic carbocycles. The van der Waals surface area contributed by atoms with E-state index in [-0.39, 0.29) is 29.8 Å². The monoisotopic (exact) mass is 574 g/mol. The fraction of sp³-hybridized carbons (Fsp3) is 0.269. The molecule has 0 spiro atoms. The molecule has 13 heteroatoms. The lowest BCUT2D eigenvalue weighted by Crippen LogP contribution is -2.25. The molecule has 0 heterocycles. The van der Waals surface area contributed by atoms with Crippen molar-refractivity contribution in [3.8, 4) is 5.75 Å². The van der Waals surface area contributed by atoms with Crippen LogP contribution in [0.15, 0.2) is 54.6 Å². The van der Waals surface area contributed by atoms with Crippen molar-refractivity contribution >= 4 is 27.3 Å². The predicted octanol–water partition coefficient (Wildman–Crippen LogP) is 6.57. The molecule has 39 heavy (non-hydrogen) atoms. The average molecular weight is 575 g/mol. The number of sulfonamides is 1. The van der Waals surface area contributed by atoms with Gasteiger partial charge in [-0.15, -0.1) is 0 Å². The van der Waals surface area contributed by atoms with Gasteiger partial charge in [0.15, 0.2) is 0 Å². The fourth-order valence-electron chi connectivity index (χ4n) is 3.55. The number of hydrogen-bond donors (Lipinski definition) is 1. The van der Waals surface area contributed by atoms with E-state index in [0.717, 1.165) is 27.3 Å². The third kappa shape index (κ3) is 7.43. The van der Waals surface area contributed by atoms with Crippen LogP contribution in [0.4, 0.5) is 37.7 Å². The first kappa shape index (κ1) is 29.8. The van der Waals surface area contributed by atoms with Crippen LogP contribution >= 0.6 is 0 Å². The summed E-state index contributed by atoms with van der Waals surface area (Å²) in [6.07, 6.45) is -9.28. The number of nitrogens with zero attached hydrogens (tertiary/aromatic N) is 1. The molecule has 0 unspecified atom stereocenters. The molecule has 0 bridgehead atoms. The summed E-state index contributed by atoms with van der Waals surface area (Å²) >= 11 is 0. The third-order valence-electron chi connectivity index (χ3n) is 5.79. The molecule has 1 amide bonds. The van der Waals surface area contributed by atoms with Crippen molar-refractivity contribution in [3.63, 3.8) is 0 Å². The van der Waals surface area contributed by atoms with Gasteiger partial charge in [0.05, 0.1) is 23.1 Å². The van der Waals surface area contributed by atoms with Crippen LogP contribution in [-0.2, 0) is 29.0 Å². The Labute approximate surface area is 221 Å². The van der Waals surface area contributed by atoms with E-state index in [1.807, 2.05) is 32.0 Å². The number of rotatable bonds is 7. The minimum absolute atomic E-state index is 0.00153. The number of anilines is 2. The summed E-state index contributed by atoms with van der Waals surface area (Å²) in [5, 5.41) is 2.26. The van der Waals surface area contributed by atoms with Crippen LogP contribution in [0, 0.1) is 13.8 Å². The zero-order valence-electron chi connectivity index (χ0n) is 21.2. The Kier molecular flexibility index (Phi) is 8.25. The molecular weight excluding hydrogens is 550 g/mol. The molecule has 0 aromatic heterocycles. The van der Waals surface area contributed by atoms with Gasteiger partial charge in [0.2, 0.25) is 10.0 Å². The molecular formula is C26H24F6N2O4S. The molecule has 0 fully saturated rings. The zero-order valence-corrected chi connectivity index (χ0v) is 22.0. The van der Waals surface area contributed by atoms with E-state index in [9.17, 15) is 39.6 Å². The van der Waals surface area contributed by atoms with Gasteiger partial charge in [-0.2, -0.15) is 26.3 Å². The van der Waals surface area contributed by atoms with Crippen LogP contribution < -0.4 is 14.4 Å². The molecule has 1 N–H and O–H groups in total. The highest BCUT2D eigenvalue weighted by Gasteiger charge is 2.37. The summed E-state index contributed by atoms with van der Waals surface area (Å²) in [6, 6.07) is 9.97. The predicted molar refractivity (Wildman–Crippen MR) is 134 cm³/mol. The molecule has 3 aromatic carbocycles. The summed E-state index contributed by atoms with van der Waals surface area (Å²) in [6.45, 7) is 3.74. The number of benzene rings is 3. The van der Waals surface area contributed by atoms with Crippen molar-refractivity contribution in [3.05, 3.63) is 88.0 Å². The summed E-state index contributed by atoms with van der Waals surface area (Å²) in [5.74, 6) is -1.24. The first-order valence-electron chi connectivity index (χ1n) is 11.2. The van der Waals surface area contributed by atoms with Gasteiger partial charge in [-0.1, -0.05) is 23.8 Å². The quantitative estimate of drug-likeness (QED) is 0.324. The molecule has 0 radical (unpaired) electrons. The van der Waals surface area contributed by atoms with E-state index in [0.29, 0.717) is 12.1 Å². The number of amides is 1. The molecule has 0 aliphatic heterocycles. The first-order chi connectivity index (χ1) is 17.9. The fourth-order valence-corrected chi connectivity index (χ4v) is 4.05. The van der Waals surface area contributed by atoms with Crippen LogP contribution in [0.25, 0.3) is 0 Å². The number of aryl methyl sites for hydroxylation is 2. The van der Waals surface area contributed by atoms with Crippen molar-refractivity contribution in [2.45, 2.75) is 32.8 Å². The number of carbonyl (C=O) groups is 1. The Bertz CT molecular complexity index is 1470. The summed E-state index contributed by atoms with van der Waals surface area (Å²) in [5.41, 5.74) is -1.45. The molecule has 0 atom stereocenters. The smallest absolute Gasteiger partial charge is 0.416 e. The van der Waals surface area contributed by atoms with Crippen LogP contribution in [0.1, 0.15) is 38.2 Å². The first-order valence-corrected chi connectivity index (χ1v) is 13.1. The number of hydrogen-bond acceptors (Lipinski definition) is 4. The van der Waals surface area contributed by atoms with Crippen molar-refractivity contribution < 1.29 is 44.3 Å². The number of nitrogens with one attached hydrogen (secondary N) is 1. The van der Waals surface area contributed by atoms with Gasteiger partial charge in [0, 0.05) is 24.4 Å². The van der Waals surface area contributed by atoms with Gasteiger partial charge in [0.1, 0.15) is 12.4 Å². The molecule has 210 valence electrons. The molecule has 3 aromatic rings. The lowest BCUT2D eigenvalue weighted by Gasteiger charge is -2.22. The van der Waals surface area contributed by atoms with Crippen molar-refractivity contribution in [1.82, 2.24) is 0 Å². The summed E-state index contributed by atoms with van der Waals surface area (Å²) in [7, 11) is -2.47. The standard InChI is InChI=1S/C26H24F6N2O4S/c1-15-5-6-16(2)18(9-15)14-38-23-13-21(7-8-22(23)34(3)39(4,36)37)33-24(35)17-10-19(25(27,28)29)12-20(11-17)26(30,31)32/h5-13H,14H2,1-4H3,(H,33,35). The lowest BCUT2D eigenvalue weighted by molar-refractivity contribution is -0.143. The van der Waals surface area contributed by atoms with Crippen LogP contribution in [0.5, 0.6) is 5.75 Å². The minimum Gasteiger partial charge on any atom is -0.487 e. The largest absolute Gasteiger partial charge is 0.487 e. The van der Waals surface area contributed by atoms with E-state index in [4.69, 9.17) is 4.74 Å². The number of halogens is 6. The zero-order chi connectivity index (χ0) is 29.3. The van der Waals surface area contributed by atoms with Gasteiger partial charge in [-0.25, -0.2) is 8.42 Å². The third-order valence-corrected chi connectivity index (χ3v) is 6.98. The van der Waals surface area contributed by atoms with Crippen LogP contribution in [0.3, 0.4) is 0 Å². The molecule has 0 saturated heterocycles. The average Bonchev–Trinajstić information content (AvgIpc) is 2.82. The Hall–Kier alpha value is -3.74. The Morgan fingerprint density at radius 1 is 0.897 bits per heavy atom. The highest BCUT2D eigenvalue weighted by Crippen LogP contribution is 2.37. The topological polar surface area (TPSA) is 75.7 Å². The normalized spacial score (nSPS) is 12.3. The van der Waals surface area contributed by atoms with Gasteiger partial charge < -0.3 is 10.1 Å². The van der Waals surface area contributed by atoms with E-state index >= 15 is 0 Å². The Morgan fingerprint density at radius 2 is 1.49 bits per heavy atom. The second-order valence-corrected chi connectivity index (χ2v) is 10.9. The van der Waals surface area contributed by atoms with Gasteiger partial charge in [0.25, 0.3) is 5.91 Å². The van der Waals surface area contributed by atoms with Gasteiger partial charge in [-0.05, 0) is 55.3 Å². The van der Waals surface area contributed by atoms with Crippen molar-refractivity contribution in [2.75, 3.05) is 22.9 Å². The molecule has 3 rings (SSSR count). The SMILES string of the molecule is Cc1ccc(C)c(COc2cc(NC(=O)c3cc(C(F)(F)F)cc(C(F)(F)F)c3)ccc2N(C)S(C)(=O)=O)c1. The Morgan fingerprint density at radius 3 is 2.03 bits per heavy atom. The maximum Gasteiger partial charge on any atom is 0.416 e. The van der Waals surface area contributed by atoms with Crippen molar-refractivity contribution in [2.24, 2.45) is 0 Å². The van der Waals surface area contributed by atoms with E-state index in [1.54, 1.807) is 0 Å². The lowest BCUT2D eigenvalue weighted by atomic mass is 10.0. The summed E-state index contributed by atoms with van der Waals surface area (Å²) < 4.78 is 110. The highest BCUT2D eigenvalue weighted by molar-refractivity contribution is 7.92. The van der Waals surface area contributed by atoms with Gasteiger partial charge >= 0.3 is 12.4 Å². The van der Waals surface area contributed by atoms with Crippen molar-refractivity contribution in [1.29, 1.82) is 0 Å². The van der Waals surface area contributed by atoms with E-state index in [1.165, 1.54) is 25.2 Å². The Balaban J connectivity index is 1.99. The number of alkyl halides is 6. The summed E-state index contributed by atoms with van der Waals surface area (Å²) in [4.78, 5) is 12.7. The van der Waals surface area contributed by atoms with E-state index in [2.05, 4.69) is 5.32 Å². The van der Waals surface area contributed by atoms with Crippen LogP contribution in [0.2, 0.25) is 0 Å². The molecule has 6 nitrogen and oxygen atoms in total. The minimum atomic E-state index is -5.12. The second-order valence-electron chi connectivity index (χ2n) is 8.88. The molecule has 0 aliphatic rings. The number of carbonyl (C=O) groups excluding carboxylic acids is 1. The maximum absolute atomic E-state index is 13.2. The molecule has 0 saturated carbocycles. The maximum atomic E-state index is 13.2. The second kappa shape index (κ2) is 10.8. The van der Waals surface area contributed by atoms with E-state index < -0.39 is 45.0 Å². The highest BCUT2D eigenvalue weighted by atomic mass is 32.2. The van der Waals surface area contributed by atoms with Crippen LogP contribution in [-0.4, -0.2) is 27.6 Å². The number of ether oxygens (including phenoxy) is 1.